The van der Waals surface area contributed by atoms with E-state index in [2.05, 4.69) is 67.8 Å². The van der Waals surface area contributed by atoms with E-state index in [0.717, 1.165) is 12.8 Å². The van der Waals surface area contributed by atoms with E-state index in [1.165, 1.54) is 48.5 Å². The quantitative estimate of drug-likeness (QED) is 0.135. The Balaban J connectivity index is 5.32. The molecule has 172 valence electrons. The first kappa shape index (κ1) is 29.5. The molecule has 1 atom stereocenters. The average molecular weight is 530 g/mol. The minimum atomic E-state index is -2.16. The summed E-state index contributed by atoms with van der Waals surface area (Å²) in [6, 6.07) is 0. The Morgan fingerprint density at radius 2 is 1.41 bits per heavy atom. The van der Waals surface area contributed by atoms with Crippen LogP contribution < -0.4 is 0 Å². The summed E-state index contributed by atoms with van der Waals surface area (Å²) in [7, 11) is -1.77. The van der Waals surface area contributed by atoms with Crippen molar-refractivity contribution in [3.8, 4) is 0 Å². The van der Waals surface area contributed by atoms with E-state index in [4.69, 9.17) is 4.43 Å². The normalized spacial score (nSPS) is 14.1. The van der Waals surface area contributed by atoms with Crippen LogP contribution in [0.25, 0.3) is 0 Å². The monoisotopic (exact) mass is 530 g/mol. The third-order valence-electron chi connectivity index (χ3n) is 7.02. The van der Waals surface area contributed by atoms with Crippen LogP contribution in [0.2, 0.25) is 35.9 Å². The molecule has 0 amide bonds. The van der Waals surface area contributed by atoms with Crippen LogP contribution in [-0.2, 0) is 4.43 Å². The molecular formula is C26H54OSiSn. The van der Waals surface area contributed by atoms with Gasteiger partial charge < -0.3 is 0 Å². The Bertz CT molecular complexity index is 442. The second-order valence-corrected chi connectivity index (χ2v) is 29.6. The molecule has 1 nitrogen and oxygen atoms in total. The molecule has 0 unspecified atom stereocenters. The second-order valence-electron chi connectivity index (χ2n) is 11.0. The summed E-state index contributed by atoms with van der Waals surface area (Å²) >= 11 is -2.16. The zero-order valence-corrected chi connectivity index (χ0v) is 25.3. The Morgan fingerprint density at radius 1 is 0.966 bits per heavy atom. The fraction of sp³-hybridized carbons (Fsp3) is 0.846. The molecule has 0 N–H and O–H groups in total. The molecule has 0 aromatic carbocycles. The molecule has 0 spiro atoms. The van der Waals surface area contributed by atoms with Gasteiger partial charge >= 0.3 is 191 Å². The summed E-state index contributed by atoms with van der Waals surface area (Å²) in [5.74, 6) is 0. The fourth-order valence-corrected chi connectivity index (χ4v) is 22.1. The minimum absolute atomic E-state index is 0.250. The molecule has 0 saturated carbocycles. The molecule has 0 aliphatic heterocycles. The van der Waals surface area contributed by atoms with E-state index >= 15 is 0 Å². The summed E-state index contributed by atoms with van der Waals surface area (Å²) in [5.41, 5.74) is 1.50. The van der Waals surface area contributed by atoms with Crippen LogP contribution >= 0.6 is 0 Å². The molecule has 0 heterocycles. The Morgan fingerprint density at radius 3 is 1.76 bits per heavy atom. The third kappa shape index (κ3) is 11.6. The summed E-state index contributed by atoms with van der Waals surface area (Å²) in [5, 5.41) is 0.250. The van der Waals surface area contributed by atoms with Crippen LogP contribution in [0, 0.1) is 0 Å². The zero-order chi connectivity index (χ0) is 22.6. The van der Waals surface area contributed by atoms with E-state index < -0.39 is 26.7 Å². The predicted molar refractivity (Wildman–Crippen MR) is 140 cm³/mol. The standard InChI is InChI=1S/C14H27OSi.3C4H9.Sn/c1-9-10-13(11-12(2)3)15-16(7,8)14(4,5)6;3*1-3-4-2;/h9,13H,1-3,10-11H2,4-8H3;3*1,3-4H2,2H3;/t13-;;;;/m0..../s1. The van der Waals surface area contributed by atoms with Crippen molar-refractivity contribution in [1.82, 2.24) is 0 Å². The van der Waals surface area contributed by atoms with Crippen molar-refractivity contribution >= 4 is 26.7 Å². The maximum atomic E-state index is 6.80. The van der Waals surface area contributed by atoms with E-state index in [0.29, 0.717) is 0 Å². The first-order chi connectivity index (χ1) is 13.5. The van der Waals surface area contributed by atoms with Crippen molar-refractivity contribution in [3.05, 3.63) is 24.8 Å². The van der Waals surface area contributed by atoms with Crippen molar-refractivity contribution in [2.24, 2.45) is 0 Å². The van der Waals surface area contributed by atoms with Gasteiger partial charge in [-0.25, -0.2) is 0 Å². The van der Waals surface area contributed by atoms with Crippen LogP contribution in [0.5, 0.6) is 0 Å². The molecule has 0 aliphatic carbocycles. The molecule has 0 aromatic heterocycles. The second kappa shape index (κ2) is 14.5. The van der Waals surface area contributed by atoms with Gasteiger partial charge in [0.05, 0.1) is 0 Å². The van der Waals surface area contributed by atoms with Crippen LogP contribution in [0.3, 0.4) is 0 Å². The molecule has 29 heavy (non-hydrogen) atoms. The van der Waals surface area contributed by atoms with Gasteiger partial charge in [0.15, 0.2) is 0 Å². The van der Waals surface area contributed by atoms with Crippen LogP contribution in [0.4, 0.5) is 0 Å². The predicted octanol–water partition coefficient (Wildman–Crippen LogP) is 9.75. The van der Waals surface area contributed by atoms with Crippen molar-refractivity contribution in [2.75, 3.05) is 0 Å². The van der Waals surface area contributed by atoms with Gasteiger partial charge in [-0.1, -0.05) is 0 Å². The first-order valence-corrected chi connectivity index (χ1v) is 23.4. The average Bonchev–Trinajstić information content (AvgIpc) is 2.61. The molecule has 0 rings (SSSR count). The van der Waals surface area contributed by atoms with Crippen molar-refractivity contribution < 1.29 is 4.43 Å². The maximum absolute atomic E-state index is 6.80. The topological polar surface area (TPSA) is 9.23 Å². The SMILES string of the molecule is C=CC[C@@H](CC(=C)[CH2][Sn]([CH2]CCC)([CH2]CCC)[CH2]CCC)O[Si](C)(C)C(C)(C)C. The molecular weight excluding hydrogens is 475 g/mol. The van der Waals surface area contributed by atoms with Gasteiger partial charge in [-0.05, 0) is 0 Å². The number of hydrogen-bond donors (Lipinski definition) is 0. The van der Waals surface area contributed by atoms with Crippen molar-refractivity contribution in [1.29, 1.82) is 0 Å². The van der Waals surface area contributed by atoms with Crippen molar-refractivity contribution in [2.45, 2.75) is 135 Å². The third-order valence-corrected chi connectivity index (χ3v) is 27.2. The van der Waals surface area contributed by atoms with Gasteiger partial charge in [0.2, 0.25) is 0 Å². The van der Waals surface area contributed by atoms with Crippen LogP contribution in [0.15, 0.2) is 24.8 Å². The van der Waals surface area contributed by atoms with Gasteiger partial charge in [-0.15, -0.1) is 0 Å². The molecule has 0 radical (unpaired) electrons. The molecule has 0 aliphatic rings. The molecule has 0 aromatic rings. The van der Waals surface area contributed by atoms with Gasteiger partial charge in [0.1, 0.15) is 0 Å². The van der Waals surface area contributed by atoms with E-state index in [1.54, 1.807) is 13.3 Å². The van der Waals surface area contributed by atoms with Crippen LogP contribution in [-0.4, -0.2) is 32.8 Å². The molecule has 0 fully saturated rings. The van der Waals surface area contributed by atoms with Gasteiger partial charge in [-0.2, -0.15) is 0 Å². The van der Waals surface area contributed by atoms with Crippen LogP contribution in [0.1, 0.15) is 92.9 Å². The number of rotatable bonds is 17. The van der Waals surface area contributed by atoms with Gasteiger partial charge in [0, 0.05) is 0 Å². The van der Waals surface area contributed by atoms with Gasteiger partial charge in [-0.3, -0.25) is 0 Å². The summed E-state index contributed by atoms with van der Waals surface area (Å²) < 4.78 is 12.9. The van der Waals surface area contributed by atoms with E-state index in [1.807, 2.05) is 6.08 Å². The molecule has 3 heteroatoms. The summed E-state index contributed by atoms with van der Waals surface area (Å²) in [6.45, 7) is 27.5. The Labute approximate surface area is 190 Å². The van der Waals surface area contributed by atoms with E-state index in [-0.39, 0.29) is 11.1 Å². The Hall–Kier alpha value is 0.456. The number of unbranched alkanes of at least 4 members (excludes halogenated alkanes) is 3. The fourth-order valence-electron chi connectivity index (χ4n) is 4.17. The summed E-state index contributed by atoms with van der Waals surface area (Å²) in [4.78, 5) is 0. The molecule has 0 bridgehead atoms. The Kier molecular flexibility index (Phi) is 14.7. The van der Waals surface area contributed by atoms with Gasteiger partial charge in [0.25, 0.3) is 0 Å². The first-order valence-electron chi connectivity index (χ1n) is 12.4. The zero-order valence-electron chi connectivity index (χ0n) is 21.5. The number of hydrogen-bond acceptors (Lipinski definition) is 1. The summed E-state index contributed by atoms with van der Waals surface area (Å²) in [6.07, 6.45) is 12.7. The molecule has 0 saturated heterocycles. The van der Waals surface area contributed by atoms with E-state index in [9.17, 15) is 0 Å². The van der Waals surface area contributed by atoms with Crippen molar-refractivity contribution in [3.63, 3.8) is 0 Å².